The van der Waals surface area contributed by atoms with E-state index < -0.39 is 17.2 Å². The Balaban J connectivity index is 1.84. The Morgan fingerprint density at radius 1 is 1.41 bits per heavy atom. The molecule has 3 heterocycles. The van der Waals surface area contributed by atoms with E-state index in [0.717, 1.165) is 12.8 Å². The quantitative estimate of drug-likeness (QED) is 0.588. The monoisotopic (exact) mass is 422 g/mol. The number of ether oxygens (including phenoxy) is 1. The van der Waals surface area contributed by atoms with E-state index in [4.69, 9.17) is 22.1 Å². The van der Waals surface area contributed by atoms with Gasteiger partial charge in [-0.2, -0.15) is 0 Å². The van der Waals surface area contributed by atoms with E-state index in [9.17, 15) is 14.0 Å². The molecule has 4 rings (SSSR count). The number of carbonyl (C=O) groups is 1. The standard InChI is InChI=1S/C20H24ClFN4O3/c1-10(2)29-20(28)14-8-26(12-3-4-12)18-13(17(14)27)5-16(22)19(24-18)25-7-11(6-23)15(21)9-25/h5,8,10-12,15H,3-4,6-7,9,23H2,1-2H3/t11-,15+/m0/s1. The molecule has 0 aromatic carbocycles. The number of halogens is 2. The molecule has 0 amide bonds. The first-order chi connectivity index (χ1) is 13.8. The average Bonchev–Trinajstić information content (AvgIpc) is 3.43. The van der Waals surface area contributed by atoms with Gasteiger partial charge in [-0.3, -0.25) is 4.79 Å². The normalized spacial score (nSPS) is 21.9. The van der Waals surface area contributed by atoms with E-state index in [2.05, 4.69) is 4.98 Å². The molecule has 156 valence electrons. The first kappa shape index (κ1) is 20.1. The van der Waals surface area contributed by atoms with Gasteiger partial charge in [0, 0.05) is 31.2 Å². The number of esters is 1. The second kappa shape index (κ2) is 7.57. The third kappa shape index (κ3) is 3.71. The highest BCUT2D eigenvalue weighted by Gasteiger charge is 2.34. The summed E-state index contributed by atoms with van der Waals surface area (Å²) in [6, 6.07) is 1.30. The van der Waals surface area contributed by atoms with E-state index in [1.807, 2.05) is 0 Å². The fourth-order valence-corrected chi connectivity index (χ4v) is 4.09. The molecule has 0 spiro atoms. The van der Waals surface area contributed by atoms with Crippen molar-refractivity contribution in [2.75, 3.05) is 24.5 Å². The molecular weight excluding hydrogens is 399 g/mol. The third-order valence-corrected chi connectivity index (χ3v) is 5.90. The van der Waals surface area contributed by atoms with Crippen LogP contribution in [0.1, 0.15) is 43.1 Å². The topological polar surface area (TPSA) is 90.5 Å². The van der Waals surface area contributed by atoms with Crippen LogP contribution in [0.5, 0.6) is 0 Å². The van der Waals surface area contributed by atoms with Crippen LogP contribution in [-0.2, 0) is 4.74 Å². The summed E-state index contributed by atoms with van der Waals surface area (Å²) in [5.41, 5.74) is 5.45. The highest BCUT2D eigenvalue weighted by atomic mass is 35.5. The maximum atomic E-state index is 15.0. The summed E-state index contributed by atoms with van der Waals surface area (Å²) < 4.78 is 21.9. The van der Waals surface area contributed by atoms with Gasteiger partial charge in [0.1, 0.15) is 11.2 Å². The predicted molar refractivity (Wildman–Crippen MR) is 109 cm³/mol. The van der Waals surface area contributed by atoms with Crippen molar-refractivity contribution in [2.24, 2.45) is 11.7 Å². The van der Waals surface area contributed by atoms with E-state index in [-0.39, 0.29) is 40.2 Å². The van der Waals surface area contributed by atoms with E-state index in [1.165, 1.54) is 12.3 Å². The van der Waals surface area contributed by atoms with Gasteiger partial charge >= 0.3 is 5.97 Å². The number of rotatable bonds is 5. The van der Waals surface area contributed by atoms with Crippen LogP contribution in [0, 0.1) is 11.7 Å². The van der Waals surface area contributed by atoms with Crippen molar-refractivity contribution < 1.29 is 13.9 Å². The number of nitrogens with zero attached hydrogens (tertiary/aromatic N) is 3. The molecule has 9 heteroatoms. The Kier molecular flexibility index (Phi) is 5.25. The molecule has 0 unspecified atom stereocenters. The van der Waals surface area contributed by atoms with Crippen LogP contribution in [-0.4, -0.2) is 46.6 Å². The molecule has 2 N–H and O–H groups in total. The first-order valence-electron chi connectivity index (χ1n) is 9.85. The lowest BCUT2D eigenvalue weighted by Crippen LogP contribution is -2.26. The number of nitrogens with two attached hydrogens (primary N) is 1. The van der Waals surface area contributed by atoms with E-state index in [1.54, 1.807) is 23.3 Å². The number of alkyl halides is 1. The van der Waals surface area contributed by atoms with Gasteiger partial charge in [-0.25, -0.2) is 14.2 Å². The van der Waals surface area contributed by atoms with Gasteiger partial charge in [-0.05, 0) is 39.3 Å². The molecule has 1 aliphatic carbocycles. The molecule has 0 bridgehead atoms. The SMILES string of the molecule is CC(C)OC(=O)c1cn(C2CC2)c2nc(N3C[C@H](CN)[C@H](Cl)C3)c(F)cc2c1=O. The van der Waals surface area contributed by atoms with Crippen molar-refractivity contribution in [1.29, 1.82) is 0 Å². The fraction of sp³-hybridized carbons (Fsp3) is 0.550. The van der Waals surface area contributed by atoms with Crippen LogP contribution < -0.4 is 16.1 Å². The average molecular weight is 423 g/mol. The second-order valence-electron chi connectivity index (χ2n) is 8.05. The van der Waals surface area contributed by atoms with Gasteiger partial charge in [0.2, 0.25) is 5.43 Å². The van der Waals surface area contributed by atoms with Gasteiger partial charge in [0.25, 0.3) is 0 Å². The highest BCUT2D eigenvalue weighted by Crippen LogP contribution is 2.37. The summed E-state index contributed by atoms with van der Waals surface area (Å²) in [5, 5.41) is -0.107. The van der Waals surface area contributed by atoms with Gasteiger partial charge < -0.3 is 19.9 Å². The number of pyridine rings is 2. The summed E-state index contributed by atoms with van der Waals surface area (Å²) in [6.07, 6.45) is 2.96. The summed E-state index contributed by atoms with van der Waals surface area (Å²) >= 11 is 6.33. The number of hydrogen-bond acceptors (Lipinski definition) is 6. The molecule has 1 aliphatic heterocycles. The molecule has 2 aromatic heterocycles. The Hall–Kier alpha value is -2.19. The largest absolute Gasteiger partial charge is 0.459 e. The number of hydrogen-bond donors (Lipinski definition) is 1. The number of fused-ring (bicyclic) bond motifs is 1. The van der Waals surface area contributed by atoms with Gasteiger partial charge in [-0.15, -0.1) is 11.6 Å². The van der Waals surface area contributed by atoms with Crippen molar-refractivity contribution in [2.45, 2.75) is 44.2 Å². The van der Waals surface area contributed by atoms with Crippen LogP contribution in [0.3, 0.4) is 0 Å². The Bertz CT molecular complexity index is 1020. The molecule has 2 aliphatic rings. The zero-order chi connectivity index (χ0) is 20.9. The van der Waals surface area contributed by atoms with Crippen molar-refractivity contribution in [3.8, 4) is 0 Å². The lowest BCUT2D eigenvalue weighted by Gasteiger charge is -2.20. The molecule has 2 fully saturated rings. The molecule has 0 radical (unpaired) electrons. The van der Waals surface area contributed by atoms with Crippen LogP contribution in [0.25, 0.3) is 11.0 Å². The van der Waals surface area contributed by atoms with Crippen molar-refractivity contribution >= 4 is 34.4 Å². The number of carbonyl (C=O) groups excluding carboxylic acids is 1. The zero-order valence-corrected chi connectivity index (χ0v) is 17.2. The summed E-state index contributed by atoms with van der Waals surface area (Å²) in [6.45, 7) is 4.77. The van der Waals surface area contributed by atoms with Crippen molar-refractivity contribution in [3.63, 3.8) is 0 Å². The van der Waals surface area contributed by atoms with Gasteiger partial charge in [-0.1, -0.05) is 0 Å². The maximum Gasteiger partial charge on any atom is 0.343 e. The molecule has 2 atom stereocenters. The first-order valence-corrected chi connectivity index (χ1v) is 10.3. The minimum atomic E-state index is -0.707. The summed E-state index contributed by atoms with van der Waals surface area (Å²) in [5.74, 6) is -1.12. The van der Waals surface area contributed by atoms with Gasteiger partial charge in [0.15, 0.2) is 11.6 Å². The number of anilines is 1. The molecule has 2 aromatic rings. The van der Waals surface area contributed by atoms with Gasteiger partial charge in [0.05, 0.1) is 16.9 Å². The Morgan fingerprint density at radius 3 is 2.72 bits per heavy atom. The van der Waals surface area contributed by atoms with Crippen molar-refractivity contribution in [1.82, 2.24) is 9.55 Å². The highest BCUT2D eigenvalue weighted by molar-refractivity contribution is 6.21. The van der Waals surface area contributed by atoms with Crippen LogP contribution in [0.2, 0.25) is 0 Å². The lowest BCUT2D eigenvalue weighted by molar-refractivity contribution is 0.0375. The summed E-state index contributed by atoms with van der Waals surface area (Å²) in [4.78, 5) is 31.6. The summed E-state index contributed by atoms with van der Waals surface area (Å²) in [7, 11) is 0. The van der Waals surface area contributed by atoms with Crippen molar-refractivity contribution in [3.05, 3.63) is 33.9 Å². The molecule has 1 saturated carbocycles. The Morgan fingerprint density at radius 2 is 2.14 bits per heavy atom. The predicted octanol–water partition coefficient (Wildman–Crippen LogP) is 2.44. The minimum absolute atomic E-state index is 0.0485. The van der Waals surface area contributed by atoms with Crippen LogP contribution >= 0.6 is 11.6 Å². The smallest absolute Gasteiger partial charge is 0.343 e. The minimum Gasteiger partial charge on any atom is -0.459 e. The van der Waals surface area contributed by atoms with E-state index >= 15 is 0 Å². The molecular formula is C20H24ClFN4O3. The molecule has 29 heavy (non-hydrogen) atoms. The second-order valence-corrected chi connectivity index (χ2v) is 8.61. The Labute approximate surface area is 172 Å². The maximum absolute atomic E-state index is 15.0. The van der Waals surface area contributed by atoms with Crippen LogP contribution in [0.4, 0.5) is 10.2 Å². The molecule has 7 nitrogen and oxygen atoms in total. The fourth-order valence-electron chi connectivity index (χ4n) is 3.74. The zero-order valence-electron chi connectivity index (χ0n) is 16.4. The number of aromatic nitrogens is 2. The third-order valence-electron chi connectivity index (χ3n) is 5.41. The van der Waals surface area contributed by atoms with E-state index in [0.29, 0.717) is 25.3 Å². The van der Waals surface area contributed by atoms with Crippen LogP contribution in [0.15, 0.2) is 17.1 Å². The lowest BCUT2D eigenvalue weighted by atomic mass is 10.1. The molecule has 1 saturated heterocycles.